The summed E-state index contributed by atoms with van der Waals surface area (Å²) >= 11 is 0. The molecule has 42 heavy (non-hydrogen) atoms. The van der Waals surface area contributed by atoms with Crippen molar-refractivity contribution in [2.24, 2.45) is 0 Å². The molecule has 0 amide bonds. The molecule has 7 aromatic carbocycles. The van der Waals surface area contributed by atoms with Gasteiger partial charge in [0.1, 0.15) is 0 Å². The number of nitrogens with zero attached hydrogens (tertiary/aromatic N) is 2. The predicted octanol–water partition coefficient (Wildman–Crippen LogP) is 11.5. The zero-order chi connectivity index (χ0) is 28.5. The second kappa shape index (κ2) is 10.9. The minimum atomic E-state index is 1.13. The standard InChI is InChI=1S/C40H32N2/c1-29-15-13-21-33(27-29)41(31-17-5-3-6-18-31)39-35-23-9-11-25-37(35)40(38-26-12-10-24-36(38)39)42(32-19-7-4-8-20-32)34-22-14-16-30(2)28-34/h3-28H,1-2H3. The van der Waals surface area contributed by atoms with E-state index >= 15 is 0 Å². The number of aryl methyl sites for hydroxylation is 2. The van der Waals surface area contributed by atoms with Crippen molar-refractivity contribution in [2.75, 3.05) is 9.80 Å². The molecule has 0 aliphatic heterocycles. The highest BCUT2D eigenvalue weighted by molar-refractivity contribution is 6.23. The first-order valence-electron chi connectivity index (χ1n) is 14.5. The molecule has 0 heterocycles. The lowest BCUT2D eigenvalue weighted by atomic mass is 9.95. The van der Waals surface area contributed by atoms with Crippen LogP contribution in [0.2, 0.25) is 0 Å². The smallest absolute Gasteiger partial charge is 0.0619 e. The predicted molar refractivity (Wildman–Crippen MR) is 180 cm³/mol. The van der Waals surface area contributed by atoms with Gasteiger partial charge in [-0.05, 0) is 73.5 Å². The summed E-state index contributed by atoms with van der Waals surface area (Å²) in [6.07, 6.45) is 0. The van der Waals surface area contributed by atoms with Crippen molar-refractivity contribution >= 4 is 55.7 Å². The molecule has 0 unspecified atom stereocenters. The fourth-order valence-electron chi connectivity index (χ4n) is 6.07. The average molecular weight is 541 g/mol. The fraction of sp³-hybridized carbons (Fsp3) is 0.0500. The first-order valence-corrected chi connectivity index (χ1v) is 14.5. The lowest BCUT2D eigenvalue weighted by Gasteiger charge is -2.33. The van der Waals surface area contributed by atoms with Gasteiger partial charge >= 0.3 is 0 Å². The molecule has 0 fully saturated rings. The molecule has 0 aliphatic carbocycles. The van der Waals surface area contributed by atoms with Gasteiger partial charge in [0, 0.05) is 44.3 Å². The van der Waals surface area contributed by atoms with E-state index in [2.05, 4.69) is 181 Å². The van der Waals surface area contributed by atoms with Crippen molar-refractivity contribution in [3.8, 4) is 0 Å². The molecule has 202 valence electrons. The lowest BCUT2D eigenvalue weighted by molar-refractivity contribution is 1.28. The van der Waals surface area contributed by atoms with Crippen LogP contribution in [0.5, 0.6) is 0 Å². The SMILES string of the molecule is Cc1cccc(N(c2ccccc2)c2c3ccccc3c(N(c3ccccc3)c3cccc(C)c3)c3ccccc23)c1. The second-order valence-electron chi connectivity index (χ2n) is 10.8. The first-order chi connectivity index (χ1) is 20.7. The molecule has 0 spiro atoms. The van der Waals surface area contributed by atoms with Gasteiger partial charge in [0.15, 0.2) is 0 Å². The van der Waals surface area contributed by atoms with Crippen molar-refractivity contribution in [1.29, 1.82) is 0 Å². The van der Waals surface area contributed by atoms with E-state index in [1.165, 1.54) is 44.0 Å². The Balaban J connectivity index is 1.62. The number of para-hydroxylation sites is 2. The Hall–Kier alpha value is -5.34. The maximum atomic E-state index is 2.42. The summed E-state index contributed by atoms with van der Waals surface area (Å²) in [7, 11) is 0. The van der Waals surface area contributed by atoms with E-state index in [4.69, 9.17) is 0 Å². The molecule has 0 saturated heterocycles. The second-order valence-corrected chi connectivity index (χ2v) is 10.8. The normalized spacial score (nSPS) is 11.1. The average Bonchev–Trinajstić information content (AvgIpc) is 3.03. The minimum absolute atomic E-state index is 1.13. The van der Waals surface area contributed by atoms with E-state index in [1.54, 1.807) is 0 Å². The Kier molecular flexibility index (Phi) is 6.65. The van der Waals surface area contributed by atoms with Gasteiger partial charge in [-0.3, -0.25) is 0 Å². The third kappa shape index (κ3) is 4.57. The van der Waals surface area contributed by atoms with E-state index in [1.807, 2.05) is 0 Å². The highest BCUT2D eigenvalue weighted by atomic mass is 15.2. The molecular formula is C40H32N2. The highest BCUT2D eigenvalue weighted by Crippen LogP contribution is 2.50. The fourth-order valence-corrected chi connectivity index (χ4v) is 6.07. The van der Waals surface area contributed by atoms with Gasteiger partial charge in [0.25, 0.3) is 0 Å². The third-order valence-electron chi connectivity index (χ3n) is 7.87. The van der Waals surface area contributed by atoms with E-state index in [-0.39, 0.29) is 0 Å². The summed E-state index contributed by atoms with van der Waals surface area (Å²) in [6.45, 7) is 4.32. The summed E-state index contributed by atoms with van der Waals surface area (Å²) in [4.78, 5) is 4.84. The van der Waals surface area contributed by atoms with Crippen LogP contribution < -0.4 is 9.80 Å². The van der Waals surface area contributed by atoms with Gasteiger partial charge in [-0.2, -0.15) is 0 Å². The van der Waals surface area contributed by atoms with Crippen LogP contribution in [0, 0.1) is 13.8 Å². The maximum Gasteiger partial charge on any atom is 0.0619 e. The minimum Gasteiger partial charge on any atom is -0.309 e. The number of hydrogen-bond acceptors (Lipinski definition) is 2. The van der Waals surface area contributed by atoms with Crippen molar-refractivity contribution < 1.29 is 0 Å². The van der Waals surface area contributed by atoms with Crippen molar-refractivity contribution in [1.82, 2.24) is 0 Å². The molecule has 0 saturated carbocycles. The number of hydrogen-bond donors (Lipinski definition) is 0. The summed E-state index contributed by atoms with van der Waals surface area (Å²) in [6, 6.07) is 56.7. The number of anilines is 6. The van der Waals surface area contributed by atoms with Crippen molar-refractivity contribution in [3.05, 3.63) is 169 Å². The van der Waals surface area contributed by atoms with Gasteiger partial charge in [-0.1, -0.05) is 109 Å². The molecule has 0 radical (unpaired) electrons. The topological polar surface area (TPSA) is 6.48 Å². The van der Waals surface area contributed by atoms with Crippen LogP contribution in [-0.2, 0) is 0 Å². The Bertz CT molecular complexity index is 1810. The van der Waals surface area contributed by atoms with E-state index in [9.17, 15) is 0 Å². The quantitative estimate of drug-likeness (QED) is 0.153. The molecule has 2 heteroatoms. The Labute approximate surface area is 247 Å². The van der Waals surface area contributed by atoms with Crippen LogP contribution in [0.4, 0.5) is 34.1 Å². The molecule has 2 nitrogen and oxygen atoms in total. The molecule has 0 bridgehead atoms. The van der Waals surface area contributed by atoms with E-state index in [0.717, 1.165) is 22.7 Å². The summed E-state index contributed by atoms with van der Waals surface area (Å²) in [5.74, 6) is 0. The summed E-state index contributed by atoms with van der Waals surface area (Å²) in [5, 5.41) is 4.80. The molecular weight excluding hydrogens is 508 g/mol. The first kappa shape index (κ1) is 25.6. The Morgan fingerprint density at radius 3 is 0.952 bits per heavy atom. The van der Waals surface area contributed by atoms with Gasteiger partial charge in [0.2, 0.25) is 0 Å². The largest absolute Gasteiger partial charge is 0.309 e. The monoisotopic (exact) mass is 540 g/mol. The van der Waals surface area contributed by atoms with Crippen molar-refractivity contribution in [2.45, 2.75) is 13.8 Å². The zero-order valence-corrected chi connectivity index (χ0v) is 23.9. The lowest BCUT2D eigenvalue weighted by Crippen LogP contribution is -2.14. The zero-order valence-electron chi connectivity index (χ0n) is 23.9. The van der Waals surface area contributed by atoms with Crippen LogP contribution in [-0.4, -0.2) is 0 Å². The molecule has 7 rings (SSSR count). The van der Waals surface area contributed by atoms with Crippen LogP contribution >= 0.6 is 0 Å². The Morgan fingerprint density at radius 1 is 0.310 bits per heavy atom. The molecule has 7 aromatic rings. The van der Waals surface area contributed by atoms with Gasteiger partial charge < -0.3 is 9.80 Å². The summed E-state index contributed by atoms with van der Waals surface area (Å²) in [5.41, 5.74) is 9.36. The van der Waals surface area contributed by atoms with Crippen LogP contribution in [0.3, 0.4) is 0 Å². The van der Waals surface area contributed by atoms with E-state index < -0.39 is 0 Å². The van der Waals surface area contributed by atoms with Gasteiger partial charge in [0.05, 0.1) is 11.4 Å². The van der Waals surface area contributed by atoms with Crippen LogP contribution in [0.15, 0.2) is 158 Å². The van der Waals surface area contributed by atoms with Gasteiger partial charge in [-0.15, -0.1) is 0 Å². The van der Waals surface area contributed by atoms with Crippen LogP contribution in [0.25, 0.3) is 21.5 Å². The van der Waals surface area contributed by atoms with Crippen molar-refractivity contribution in [3.63, 3.8) is 0 Å². The summed E-state index contributed by atoms with van der Waals surface area (Å²) < 4.78 is 0. The Morgan fingerprint density at radius 2 is 0.619 bits per heavy atom. The number of fused-ring (bicyclic) bond motifs is 2. The number of rotatable bonds is 6. The molecule has 0 atom stereocenters. The molecule has 0 aromatic heterocycles. The van der Waals surface area contributed by atoms with Crippen LogP contribution in [0.1, 0.15) is 11.1 Å². The molecule has 0 aliphatic rings. The van der Waals surface area contributed by atoms with E-state index in [0.29, 0.717) is 0 Å². The molecule has 0 N–H and O–H groups in total. The maximum absolute atomic E-state index is 2.42. The number of benzene rings is 7. The van der Waals surface area contributed by atoms with Gasteiger partial charge in [-0.25, -0.2) is 0 Å². The third-order valence-corrected chi connectivity index (χ3v) is 7.87. The highest BCUT2D eigenvalue weighted by Gasteiger charge is 2.25.